The average molecular weight is 303 g/mol. The highest BCUT2D eigenvalue weighted by molar-refractivity contribution is 4.79. The van der Waals surface area contributed by atoms with Gasteiger partial charge in [-0.3, -0.25) is 0 Å². The molecule has 1 fully saturated rings. The van der Waals surface area contributed by atoms with Gasteiger partial charge in [0.2, 0.25) is 0 Å². The van der Waals surface area contributed by atoms with Crippen LogP contribution in [-0.2, 0) is 18.9 Å². The van der Waals surface area contributed by atoms with Crippen LogP contribution in [0.3, 0.4) is 0 Å². The van der Waals surface area contributed by atoms with Gasteiger partial charge in [0.1, 0.15) is 0 Å². The standard InChI is InChI=1S/C16H33NO4/c1-16(2,3)17-12-14-6-7-15(21-14)13-20-9-5-8-19-11-10-18-4/h14-15,17H,5-13H2,1-4H3. The summed E-state index contributed by atoms with van der Waals surface area (Å²) in [6.07, 6.45) is 3.73. The van der Waals surface area contributed by atoms with Gasteiger partial charge in [0.25, 0.3) is 0 Å². The summed E-state index contributed by atoms with van der Waals surface area (Å²) >= 11 is 0. The van der Waals surface area contributed by atoms with Crippen LogP contribution in [0.2, 0.25) is 0 Å². The van der Waals surface area contributed by atoms with Gasteiger partial charge in [0.05, 0.1) is 32.0 Å². The smallest absolute Gasteiger partial charge is 0.0813 e. The molecule has 0 bridgehead atoms. The van der Waals surface area contributed by atoms with E-state index in [2.05, 4.69) is 26.1 Å². The van der Waals surface area contributed by atoms with Crippen LogP contribution in [0.1, 0.15) is 40.0 Å². The fourth-order valence-electron chi connectivity index (χ4n) is 2.19. The zero-order valence-corrected chi connectivity index (χ0v) is 14.2. The second-order valence-corrected chi connectivity index (χ2v) is 6.62. The highest BCUT2D eigenvalue weighted by Gasteiger charge is 2.26. The normalized spacial score (nSPS) is 22.9. The summed E-state index contributed by atoms with van der Waals surface area (Å²) in [6, 6.07) is 0. The molecule has 0 spiro atoms. The Bertz CT molecular complexity index is 255. The molecule has 1 rings (SSSR count). The van der Waals surface area contributed by atoms with Crippen molar-refractivity contribution in [1.82, 2.24) is 5.32 Å². The van der Waals surface area contributed by atoms with Crippen molar-refractivity contribution >= 4 is 0 Å². The zero-order valence-electron chi connectivity index (χ0n) is 14.2. The van der Waals surface area contributed by atoms with E-state index in [-0.39, 0.29) is 11.6 Å². The maximum Gasteiger partial charge on any atom is 0.0813 e. The van der Waals surface area contributed by atoms with Crippen LogP contribution >= 0.6 is 0 Å². The third-order valence-electron chi connectivity index (χ3n) is 3.37. The second kappa shape index (κ2) is 10.5. The fraction of sp³-hybridized carbons (Fsp3) is 1.00. The summed E-state index contributed by atoms with van der Waals surface area (Å²) in [5, 5.41) is 3.49. The lowest BCUT2D eigenvalue weighted by molar-refractivity contribution is -0.0208. The van der Waals surface area contributed by atoms with E-state index in [4.69, 9.17) is 18.9 Å². The van der Waals surface area contributed by atoms with E-state index in [1.165, 1.54) is 0 Å². The van der Waals surface area contributed by atoms with Gasteiger partial charge in [-0.05, 0) is 40.0 Å². The predicted octanol–water partition coefficient (Wildman–Crippen LogP) is 1.99. The Balaban J connectivity index is 1.93. The van der Waals surface area contributed by atoms with Gasteiger partial charge < -0.3 is 24.3 Å². The quantitative estimate of drug-likeness (QED) is 0.592. The number of nitrogens with one attached hydrogen (secondary N) is 1. The van der Waals surface area contributed by atoms with E-state index in [0.29, 0.717) is 25.9 Å². The molecular formula is C16H33NO4. The number of rotatable bonds is 11. The van der Waals surface area contributed by atoms with Crippen LogP contribution in [0.25, 0.3) is 0 Å². The van der Waals surface area contributed by atoms with Crippen LogP contribution in [0, 0.1) is 0 Å². The Morgan fingerprint density at radius 2 is 1.71 bits per heavy atom. The van der Waals surface area contributed by atoms with Crippen molar-refractivity contribution in [2.45, 2.75) is 57.8 Å². The first-order valence-corrected chi connectivity index (χ1v) is 8.06. The molecule has 2 unspecified atom stereocenters. The Hall–Kier alpha value is -0.200. The molecule has 0 saturated carbocycles. The summed E-state index contributed by atoms with van der Waals surface area (Å²) in [5.74, 6) is 0. The van der Waals surface area contributed by atoms with Gasteiger partial charge in [-0.2, -0.15) is 0 Å². The highest BCUT2D eigenvalue weighted by Crippen LogP contribution is 2.20. The second-order valence-electron chi connectivity index (χ2n) is 6.62. The SMILES string of the molecule is COCCOCCCOCC1CCC(CNC(C)(C)C)O1. The molecule has 5 heteroatoms. The zero-order chi connectivity index (χ0) is 15.6. The first-order valence-electron chi connectivity index (χ1n) is 8.06. The molecule has 1 aliphatic heterocycles. The third-order valence-corrected chi connectivity index (χ3v) is 3.37. The van der Waals surface area contributed by atoms with Crippen LogP contribution in [0.5, 0.6) is 0 Å². The lowest BCUT2D eigenvalue weighted by Crippen LogP contribution is -2.41. The molecule has 0 radical (unpaired) electrons. The molecule has 5 nitrogen and oxygen atoms in total. The minimum atomic E-state index is 0.154. The van der Waals surface area contributed by atoms with Crippen molar-refractivity contribution in [2.24, 2.45) is 0 Å². The maximum absolute atomic E-state index is 5.98. The van der Waals surface area contributed by atoms with Crippen molar-refractivity contribution in [3.05, 3.63) is 0 Å². The van der Waals surface area contributed by atoms with Crippen LogP contribution < -0.4 is 5.32 Å². The van der Waals surface area contributed by atoms with Crippen molar-refractivity contribution in [3.8, 4) is 0 Å². The highest BCUT2D eigenvalue weighted by atomic mass is 16.5. The van der Waals surface area contributed by atoms with Crippen molar-refractivity contribution < 1.29 is 18.9 Å². The van der Waals surface area contributed by atoms with Crippen molar-refractivity contribution in [3.63, 3.8) is 0 Å². The first kappa shape index (κ1) is 18.8. The Labute approximate surface area is 129 Å². The minimum absolute atomic E-state index is 0.154. The summed E-state index contributed by atoms with van der Waals surface area (Å²) in [4.78, 5) is 0. The average Bonchev–Trinajstić information content (AvgIpc) is 2.87. The molecule has 2 atom stereocenters. The van der Waals surface area contributed by atoms with Gasteiger partial charge in [-0.1, -0.05) is 0 Å². The largest absolute Gasteiger partial charge is 0.382 e. The van der Waals surface area contributed by atoms with E-state index in [0.717, 1.165) is 39.0 Å². The Kier molecular flexibility index (Phi) is 9.44. The predicted molar refractivity (Wildman–Crippen MR) is 83.8 cm³/mol. The molecule has 0 amide bonds. The maximum atomic E-state index is 5.98. The topological polar surface area (TPSA) is 49.0 Å². The van der Waals surface area contributed by atoms with Crippen LogP contribution in [-0.4, -0.2) is 64.4 Å². The molecule has 126 valence electrons. The minimum Gasteiger partial charge on any atom is -0.382 e. The van der Waals surface area contributed by atoms with Gasteiger partial charge in [-0.15, -0.1) is 0 Å². The van der Waals surface area contributed by atoms with E-state index in [1.54, 1.807) is 7.11 Å². The summed E-state index contributed by atoms with van der Waals surface area (Å²) < 4.78 is 21.9. The van der Waals surface area contributed by atoms with Gasteiger partial charge in [0, 0.05) is 32.4 Å². The molecule has 1 N–H and O–H groups in total. The Morgan fingerprint density at radius 3 is 2.43 bits per heavy atom. The number of hydrogen-bond donors (Lipinski definition) is 1. The van der Waals surface area contributed by atoms with E-state index < -0.39 is 0 Å². The number of ether oxygens (including phenoxy) is 4. The first-order chi connectivity index (χ1) is 10.0. The Morgan fingerprint density at radius 1 is 1.00 bits per heavy atom. The molecule has 0 aliphatic carbocycles. The van der Waals surface area contributed by atoms with Crippen molar-refractivity contribution in [1.29, 1.82) is 0 Å². The summed E-state index contributed by atoms with van der Waals surface area (Å²) in [6.45, 7) is 10.9. The van der Waals surface area contributed by atoms with Crippen molar-refractivity contribution in [2.75, 3.05) is 46.7 Å². The molecule has 0 aromatic heterocycles. The molecule has 21 heavy (non-hydrogen) atoms. The van der Waals surface area contributed by atoms with Gasteiger partial charge >= 0.3 is 0 Å². The lowest BCUT2D eigenvalue weighted by atomic mass is 10.1. The summed E-state index contributed by atoms with van der Waals surface area (Å²) in [5.41, 5.74) is 0.154. The molecule has 0 aromatic carbocycles. The molecule has 1 heterocycles. The van der Waals surface area contributed by atoms with E-state index >= 15 is 0 Å². The monoisotopic (exact) mass is 303 g/mol. The third kappa shape index (κ3) is 10.2. The number of methoxy groups -OCH3 is 1. The molecule has 1 saturated heterocycles. The van der Waals surface area contributed by atoms with Crippen LogP contribution in [0.15, 0.2) is 0 Å². The molecule has 0 aromatic rings. The lowest BCUT2D eigenvalue weighted by Gasteiger charge is -2.23. The van der Waals surface area contributed by atoms with E-state index in [9.17, 15) is 0 Å². The fourth-order valence-corrected chi connectivity index (χ4v) is 2.19. The summed E-state index contributed by atoms with van der Waals surface area (Å²) in [7, 11) is 1.68. The van der Waals surface area contributed by atoms with E-state index in [1.807, 2.05) is 0 Å². The number of hydrogen-bond acceptors (Lipinski definition) is 5. The van der Waals surface area contributed by atoms with Gasteiger partial charge in [0.15, 0.2) is 0 Å². The molecular weight excluding hydrogens is 270 g/mol. The van der Waals surface area contributed by atoms with Gasteiger partial charge in [-0.25, -0.2) is 0 Å². The van der Waals surface area contributed by atoms with Crippen LogP contribution in [0.4, 0.5) is 0 Å². The molecule has 1 aliphatic rings.